The molecule has 0 fully saturated rings. The zero-order valence-electron chi connectivity index (χ0n) is 12.5. The number of benzene rings is 2. The Bertz CT molecular complexity index is 802. The van der Waals surface area contributed by atoms with Gasteiger partial charge in [-0.1, -0.05) is 36.4 Å². The van der Waals surface area contributed by atoms with E-state index in [1.807, 2.05) is 12.1 Å². The van der Waals surface area contributed by atoms with Gasteiger partial charge in [-0.05, 0) is 41.3 Å². The first-order chi connectivity index (χ1) is 10.9. The van der Waals surface area contributed by atoms with E-state index in [4.69, 9.17) is 0 Å². The van der Waals surface area contributed by atoms with Crippen molar-refractivity contribution in [1.82, 2.24) is 10.3 Å². The van der Waals surface area contributed by atoms with Crippen molar-refractivity contribution in [3.05, 3.63) is 59.3 Å². The van der Waals surface area contributed by atoms with Crippen molar-refractivity contribution in [3.63, 3.8) is 0 Å². The molecule has 3 heteroatoms. The zero-order valence-corrected chi connectivity index (χ0v) is 12.5. The van der Waals surface area contributed by atoms with Crippen molar-refractivity contribution in [2.75, 3.05) is 13.1 Å². The summed E-state index contributed by atoms with van der Waals surface area (Å²) in [6.45, 7) is 2.17. The molecule has 3 N–H and O–H groups in total. The van der Waals surface area contributed by atoms with Crippen LogP contribution in [0.25, 0.3) is 22.0 Å². The number of rotatable bonds is 2. The maximum atomic E-state index is 9.22. The molecule has 0 atom stereocenters. The summed E-state index contributed by atoms with van der Waals surface area (Å²) < 4.78 is 0. The predicted molar refractivity (Wildman–Crippen MR) is 89.9 cm³/mol. The van der Waals surface area contributed by atoms with E-state index in [1.165, 1.54) is 33.3 Å². The summed E-state index contributed by atoms with van der Waals surface area (Å²) in [5, 5.41) is 14.0. The predicted octanol–water partition coefficient (Wildman–Crippen LogP) is 3.02. The van der Waals surface area contributed by atoms with Crippen molar-refractivity contribution in [1.29, 1.82) is 0 Å². The Labute approximate surface area is 130 Å². The molecule has 0 radical (unpaired) electrons. The molecule has 0 saturated heterocycles. The van der Waals surface area contributed by atoms with Crippen LogP contribution in [0.5, 0.6) is 0 Å². The molecular formula is C19H20N2O. The average Bonchev–Trinajstić information content (AvgIpc) is 2.76. The smallest absolute Gasteiger partial charge is 0.0681 e. The van der Waals surface area contributed by atoms with Gasteiger partial charge >= 0.3 is 0 Å². The van der Waals surface area contributed by atoms with E-state index in [0.29, 0.717) is 0 Å². The van der Waals surface area contributed by atoms with Crippen LogP contribution in [0.2, 0.25) is 0 Å². The standard InChI is InChI=1S/C19H20N2O/c22-12-13-4-6-14(7-5-13)15-2-1-3-18-19(15)16-8-10-20-11-9-17(16)21-18/h1-7,20-22H,8-12H2. The van der Waals surface area contributed by atoms with Gasteiger partial charge in [0.2, 0.25) is 0 Å². The lowest BCUT2D eigenvalue weighted by molar-refractivity contribution is 0.282. The first kappa shape index (κ1) is 13.6. The molecule has 1 aliphatic heterocycles. The summed E-state index contributed by atoms with van der Waals surface area (Å²) in [5.41, 5.74) is 7.51. The molecule has 2 heterocycles. The second-order valence-electron chi connectivity index (χ2n) is 5.92. The minimum atomic E-state index is 0.0930. The third-order valence-electron chi connectivity index (χ3n) is 4.57. The Morgan fingerprint density at radius 2 is 1.77 bits per heavy atom. The van der Waals surface area contributed by atoms with E-state index in [9.17, 15) is 5.11 Å². The number of aromatic amines is 1. The molecule has 112 valence electrons. The van der Waals surface area contributed by atoms with Crippen LogP contribution in [0.4, 0.5) is 0 Å². The van der Waals surface area contributed by atoms with Crippen molar-refractivity contribution < 1.29 is 5.11 Å². The van der Waals surface area contributed by atoms with Gasteiger partial charge in [-0.2, -0.15) is 0 Å². The molecular weight excluding hydrogens is 272 g/mol. The van der Waals surface area contributed by atoms with Crippen LogP contribution in [0.3, 0.4) is 0 Å². The van der Waals surface area contributed by atoms with Crippen LogP contribution < -0.4 is 5.32 Å². The molecule has 3 aromatic rings. The number of hydrogen-bond donors (Lipinski definition) is 3. The normalized spacial score (nSPS) is 14.8. The highest BCUT2D eigenvalue weighted by molar-refractivity contribution is 5.98. The fourth-order valence-electron chi connectivity index (χ4n) is 3.44. The van der Waals surface area contributed by atoms with Gasteiger partial charge in [0, 0.05) is 29.6 Å². The molecule has 4 rings (SSSR count). The number of fused-ring (bicyclic) bond motifs is 3. The monoisotopic (exact) mass is 292 g/mol. The Hall–Kier alpha value is -2.10. The molecule has 0 aliphatic carbocycles. The molecule has 22 heavy (non-hydrogen) atoms. The molecule has 0 bridgehead atoms. The highest BCUT2D eigenvalue weighted by Crippen LogP contribution is 2.34. The molecule has 0 spiro atoms. The Kier molecular flexibility index (Phi) is 3.45. The second kappa shape index (κ2) is 5.59. The minimum absolute atomic E-state index is 0.0930. The number of aliphatic hydroxyl groups is 1. The summed E-state index contributed by atoms with van der Waals surface area (Å²) in [5.74, 6) is 0. The largest absolute Gasteiger partial charge is 0.392 e. The second-order valence-corrected chi connectivity index (χ2v) is 5.92. The van der Waals surface area contributed by atoms with Crippen molar-refractivity contribution >= 4 is 10.9 Å². The molecule has 0 unspecified atom stereocenters. The van der Waals surface area contributed by atoms with E-state index in [2.05, 4.69) is 40.6 Å². The van der Waals surface area contributed by atoms with Crippen LogP contribution in [0.15, 0.2) is 42.5 Å². The third-order valence-corrected chi connectivity index (χ3v) is 4.57. The molecule has 1 aromatic heterocycles. The summed E-state index contributed by atoms with van der Waals surface area (Å²) in [6, 6.07) is 14.7. The quantitative estimate of drug-likeness (QED) is 0.680. The molecule has 0 amide bonds. The summed E-state index contributed by atoms with van der Waals surface area (Å²) in [7, 11) is 0. The van der Waals surface area contributed by atoms with Crippen LogP contribution >= 0.6 is 0 Å². The zero-order chi connectivity index (χ0) is 14.9. The lowest BCUT2D eigenvalue weighted by Crippen LogP contribution is -2.16. The number of aromatic nitrogens is 1. The Morgan fingerprint density at radius 3 is 2.59 bits per heavy atom. The van der Waals surface area contributed by atoms with E-state index in [-0.39, 0.29) is 6.61 Å². The van der Waals surface area contributed by atoms with Gasteiger partial charge in [0.1, 0.15) is 0 Å². The number of nitrogens with one attached hydrogen (secondary N) is 2. The van der Waals surface area contributed by atoms with E-state index in [0.717, 1.165) is 31.5 Å². The van der Waals surface area contributed by atoms with Gasteiger partial charge < -0.3 is 15.4 Å². The molecule has 0 saturated carbocycles. The van der Waals surface area contributed by atoms with E-state index in [1.54, 1.807) is 0 Å². The molecule has 3 nitrogen and oxygen atoms in total. The van der Waals surface area contributed by atoms with E-state index < -0.39 is 0 Å². The minimum Gasteiger partial charge on any atom is -0.392 e. The lowest BCUT2D eigenvalue weighted by Gasteiger charge is -2.07. The van der Waals surface area contributed by atoms with Crippen LogP contribution in [0.1, 0.15) is 16.8 Å². The maximum Gasteiger partial charge on any atom is 0.0681 e. The topological polar surface area (TPSA) is 48.0 Å². The lowest BCUT2D eigenvalue weighted by atomic mass is 9.96. The van der Waals surface area contributed by atoms with Gasteiger partial charge in [0.05, 0.1) is 6.61 Å². The van der Waals surface area contributed by atoms with Gasteiger partial charge in [0.15, 0.2) is 0 Å². The summed E-state index contributed by atoms with van der Waals surface area (Å²) in [6.07, 6.45) is 2.13. The molecule has 1 aliphatic rings. The van der Waals surface area contributed by atoms with Gasteiger partial charge in [-0.3, -0.25) is 0 Å². The highest BCUT2D eigenvalue weighted by atomic mass is 16.3. The number of hydrogen-bond acceptors (Lipinski definition) is 2. The maximum absolute atomic E-state index is 9.22. The van der Waals surface area contributed by atoms with Gasteiger partial charge in [-0.25, -0.2) is 0 Å². The van der Waals surface area contributed by atoms with Gasteiger partial charge in [-0.15, -0.1) is 0 Å². The Balaban J connectivity index is 1.91. The summed E-state index contributed by atoms with van der Waals surface area (Å²) in [4.78, 5) is 3.61. The molecule has 2 aromatic carbocycles. The van der Waals surface area contributed by atoms with Crippen molar-refractivity contribution in [2.45, 2.75) is 19.4 Å². The first-order valence-corrected chi connectivity index (χ1v) is 7.90. The van der Waals surface area contributed by atoms with E-state index >= 15 is 0 Å². The summed E-state index contributed by atoms with van der Waals surface area (Å²) >= 11 is 0. The van der Waals surface area contributed by atoms with Crippen LogP contribution in [0, 0.1) is 0 Å². The van der Waals surface area contributed by atoms with Crippen LogP contribution in [-0.2, 0) is 19.4 Å². The number of aliphatic hydroxyl groups excluding tert-OH is 1. The fraction of sp³-hybridized carbons (Fsp3) is 0.263. The fourth-order valence-corrected chi connectivity index (χ4v) is 3.44. The van der Waals surface area contributed by atoms with Crippen molar-refractivity contribution in [3.8, 4) is 11.1 Å². The number of H-pyrrole nitrogens is 1. The van der Waals surface area contributed by atoms with Crippen LogP contribution in [-0.4, -0.2) is 23.2 Å². The SMILES string of the molecule is OCc1ccc(-c2cccc3[nH]c4c(c23)CCNCC4)cc1. The highest BCUT2D eigenvalue weighted by Gasteiger charge is 2.16. The van der Waals surface area contributed by atoms with Gasteiger partial charge in [0.25, 0.3) is 0 Å². The third kappa shape index (κ3) is 2.23. The Morgan fingerprint density at radius 1 is 0.955 bits per heavy atom. The first-order valence-electron chi connectivity index (χ1n) is 7.90. The average molecular weight is 292 g/mol. The van der Waals surface area contributed by atoms with Crippen molar-refractivity contribution in [2.24, 2.45) is 0 Å².